The SMILES string of the molecule is O=C(O)c1ccc(CNCc2ccc(-c3cc(C(=O)O)ccc3Cl)o2)cc1. The molecular weight excluding hydrogens is 370 g/mol. The van der Waals surface area contributed by atoms with Crippen LogP contribution in [-0.2, 0) is 13.1 Å². The largest absolute Gasteiger partial charge is 0.478 e. The fourth-order valence-electron chi connectivity index (χ4n) is 2.56. The van der Waals surface area contributed by atoms with Crippen LogP contribution in [0.25, 0.3) is 11.3 Å². The van der Waals surface area contributed by atoms with Crippen molar-refractivity contribution in [3.05, 3.63) is 82.1 Å². The van der Waals surface area contributed by atoms with Gasteiger partial charge in [0.15, 0.2) is 0 Å². The van der Waals surface area contributed by atoms with E-state index in [0.717, 1.165) is 5.56 Å². The first-order valence-corrected chi connectivity index (χ1v) is 8.46. The van der Waals surface area contributed by atoms with Gasteiger partial charge in [-0.2, -0.15) is 0 Å². The minimum atomic E-state index is -1.03. The van der Waals surface area contributed by atoms with Crippen LogP contribution in [0.4, 0.5) is 0 Å². The summed E-state index contributed by atoms with van der Waals surface area (Å²) in [5, 5.41) is 21.6. The van der Waals surface area contributed by atoms with Crippen LogP contribution in [0.2, 0.25) is 5.02 Å². The number of furan rings is 1. The number of aromatic carboxylic acids is 2. The monoisotopic (exact) mass is 385 g/mol. The van der Waals surface area contributed by atoms with Crippen molar-refractivity contribution in [3.63, 3.8) is 0 Å². The van der Waals surface area contributed by atoms with Crippen molar-refractivity contribution < 1.29 is 24.2 Å². The Kier molecular flexibility index (Phi) is 5.59. The molecule has 7 heteroatoms. The third kappa shape index (κ3) is 4.55. The minimum absolute atomic E-state index is 0.135. The Morgan fingerprint density at radius 2 is 1.56 bits per heavy atom. The summed E-state index contributed by atoms with van der Waals surface area (Å²) in [5.41, 5.74) is 1.85. The second kappa shape index (κ2) is 8.07. The van der Waals surface area contributed by atoms with Crippen molar-refractivity contribution in [1.82, 2.24) is 5.32 Å². The van der Waals surface area contributed by atoms with Crippen LogP contribution >= 0.6 is 11.6 Å². The Bertz CT molecular complexity index is 978. The van der Waals surface area contributed by atoms with Gasteiger partial charge in [0.2, 0.25) is 0 Å². The fraction of sp³-hybridized carbons (Fsp3) is 0.100. The molecule has 0 saturated heterocycles. The van der Waals surface area contributed by atoms with Crippen LogP contribution in [0.15, 0.2) is 59.0 Å². The van der Waals surface area contributed by atoms with E-state index in [1.165, 1.54) is 18.2 Å². The second-order valence-electron chi connectivity index (χ2n) is 5.87. The molecule has 3 N–H and O–H groups in total. The van der Waals surface area contributed by atoms with E-state index < -0.39 is 11.9 Å². The summed E-state index contributed by atoms with van der Waals surface area (Å²) in [7, 11) is 0. The first-order valence-electron chi connectivity index (χ1n) is 8.09. The number of hydrogen-bond donors (Lipinski definition) is 3. The van der Waals surface area contributed by atoms with E-state index in [-0.39, 0.29) is 11.1 Å². The number of carboxylic acids is 2. The van der Waals surface area contributed by atoms with Crippen molar-refractivity contribution in [1.29, 1.82) is 0 Å². The smallest absolute Gasteiger partial charge is 0.335 e. The standard InChI is InChI=1S/C20H16ClNO5/c21-17-7-5-14(20(25)26)9-16(17)18-8-6-15(27-18)11-22-10-12-1-3-13(4-2-12)19(23)24/h1-9,22H,10-11H2,(H,23,24)(H,25,26). The zero-order chi connectivity index (χ0) is 19.4. The van der Waals surface area contributed by atoms with Crippen molar-refractivity contribution >= 4 is 23.5 Å². The van der Waals surface area contributed by atoms with Gasteiger partial charge in [-0.25, -0.2) is 9.59 Å². The molecule has 0 spiro atoms. The molecule has 0 aliphatic heterocycles. The number of nitrogens with one attached hydrogen (secondary N) is 1. The summed E-state index contributed by atoms with van der Waals surface area (Å²) in [4.78, 5) is 22.0. The number of halogens is 1. The lowest BCUT2D eigenvalue weighted by Gasteiger charge is -2.05. The molecule has 0 radical (unpaired) electrons. The minimum Gasteiger partial charge on any atom is -0.478 e. The van der Waals surface area contributed by atoms with Gasteiger partial charge in [0.1, 0.15) is 11.5 Å². The maximum atomic E-state index is 11.1. The number of carboxylic acid groups (broad SMARTS) is 2. The van der Waals surface area contributed by atoms with E-state index >= 15 is 0 Å². The molecule has 0 fully saturated rings. The lowest BCUT2D eigenvalue weighted by molar-refractivity contribution is 0.0686. The van der Waals surface area contributed by atoms with E-state index in [9.17, 15) is 9.59 Å². The number of rotatable bonds is 7. The van der Waals surface area contributed by atoms with Crippen LogP contribution < -0.4 is 5.32 Å². The van der Waals surface area contributed by atoms with Crippen LogP contribution in [0.3, 0.4) is 0 Å². The molecule has 0 unspecified atom stereocenters. The fourth-order valence-corrected chi connectivity index (χ4v) is 2.77. The highest BCUT2D eigenvalue weighted by Gasteiger charge is 2.12. The molecule has 138 valence electrons. The van der Waals surface area contributed by atoms with E-state index in [4.69, 9.17) is 26.2 Å². The normalized spacial score (nSPS) is 10.7. The lowest BCUT2D eigenvalue weighted by Crippen LogP contribution is -2.12. The summed E-state index contributed by atoms with van der Waals surface area (Å²) in [6.45, 7) is 1.00. The number of hydrogen-bond acceptors (Lipinski definition) is 4. The molecule has 1 heterocycles. The third-order valence-electron chi connectivity index (χ3n) is 3.97. The lowest BCUT2D eigenvalue weighted by atomic mass is 10.1. The molecule has 0 saturated carbocycles. The van der Waals surface area contributed by atoms with Crippen molar-refractivity contribution in [3.8, 4) is 11.3 Å². The van der Waals surface area contributed by atoms with E-state index in [0.29, 0.717) is 35.2 Å². The summed E-state index contributed by atoms with van der Waals surface area (Å²) < 4.78 is 5.76. The first kappa shape index (κ1) is 18.7. The van der Waals surface area contributed by atoms with Gasteiger partial charge in [-0.3, -0.25) is 0 Å². The first-order chi connectivity index (χ1) is 12.9. The molecule has 0 aliphatic carbocycles. The van der Waals surface area contributed by atoms with Gasteiger partial charge in [-0.1, -0.05) is 23.7 Å². The van der Waals surface area contributed by atoms with Gasteiger partial charge in [0.25, 0.3) is 0 Å². The Balaban J connectivity index is 1.64. The highest BCUT2D eigenvalue weighted by molar-refractivity contribution is 6.33. The molecule has 0 amide bonds. The molecular formula is C20H16ClNO5. The molecule has 0 atom stereocenters. The summed E-state index contributed by atoms with van der Waals surface area (Å²) in [6.07, 6.45) is 0. The van der Waals surface area contributed by atoms with Gasteiger partial charge in [-0.15, -0.1) is 0 Å². The van der Waals surface area contributed by atoms with Gasteiger partial charge < -0.3 is 19.9 Å². The molecule has 0 bridgehead atoms. The van der Waals surface area contributed by atoms with Crippen molar-refractivity contribution in [2.45, 2.75) is 13.1 Å². The summed E-state index contributed by atoms with van der Waals surface area (Å²) in [6, 6.07) is 14.6. The van der Waals surface area contributed by atoms with Crippen molar-refractivity contribution in [2.24, 2.45) is 0 Å². The molecule has 3 rings (SSSR count). The predicted octanol–water partition coefficient (Wildman–Crippen LogP) is 4.29. The van der Waals surface area contributed by atoms with Gasteiger partial charge in [-0.05, 0) is 48.0 Å². The quantitative estimate of drug-likeness (QED) is 0.561. The molecule has 6 nitrogen and oxygen atoms in total. The van der Waals surface area contributed by atoms with Gasteiger partial charge in [0.05, 0.1) is 22.7 Å². The van der Waals surface area contributed by atoms with Crippen molar-refractivity contribution in [2.75, 3.05) is 0 Å². The molecule has 1 aromatic heterocycles. The maximum absolute atomic E-state index is 11.1. The Labute approximate surface area is 160 Å². The summed E-state index contributed by atoms with van der Waals surface area (Å²) >= 11 is 6.15. The highest BCUT2D eigenvalue weighted by atomic mass is 35.5. The Morgan fingerprint density at radius 1 is 0.889 bits per heavy atom. The summed E-state index contributed by atoms with van der Waals surface area (Å²) in [5.74, 6) is -0.826. The second-order valence-corrected chi connectivity index (χ2v) is 6.28. The van der Waals surface area contributed by atoms with Crippen LogP contribution in [0.5, 0.6) is 0 Å². The zero-order valence-corrected chi connectivity index (χ0v) is 14.9. The van der Waals surface area contributed by atoms with Crippen LogP contribution in [-0.4, -0.2) is 22.2 Å². The highest BCUT2D eigenvalue weighted by Crippen LogP contribution is 2.30. The molecule has 0 aliphatic rings. The third-order valence-corrected chi connectivity index (χ3v) is 4.30. The zero-order valence-electron chi connectivity index (χ0n) is 14.1. The molecule has 3 aromatic rings. The Hall–Kier alpha value is -3.09. The number of benzene rings is 2. The van der Waals surface area contributed by atoms with Gasteiger partial charge in [0, 0.05) is 12.1 Å². The average Bonchev–Trinajstić information content (AvgIpc) is 3.11. The number of carbonyl (C=O) groups is 2. The Morgan fingerprint density at radius 3 is 2.22 bits per heavy atom. The van der Waals surface area contributed by atoms with Crippen LogP contribution in [0.1, 0.15) is 32.0 Å². The van der Waals surface area contributed by atoms with E-state index in [1.54, 1.807) is 36.4 Å². The average molecular weight is 386 g/mol. The van der Waals surface area contributed by atoms with E-state index in [2.05, 4.69) is 5.32 Å². The van der Waals surface area contributed by atoms with Gasteiger partial charge >= 0.3 is 11.9 Å². The predicted molar refractivity (Wildman–Crippen MR) is 100 cm³/mol. The maximum Gasteiger partial charge on any atom is 0.335 e. The molecule has 2 aromatic carbocycles. The van der Waals surface area contributed by atoms with E-state index in [1.807, 2.05) is 0 Å². The topological polar surface area (TPSA) is 99.8 Å². The van der Waals surface area contributed by atoms with Crippen LogP contribution in [0, 0.1) is 0 Å². The molecule has 27 heavy (non-hydrogen) atoms.